The van der Waals surface area contributed by atoms with Gasteiger partial charge in [-0.05, 0) is 36.2 Å². The third kappa shape index (κ3) is 4.25. The van der Waals surface area contributed by atoms with Crippen LogP contribution in [0.5, 0.6) is 0 Å². The van der Waals surface area contributed by atoms with Gasteiger partial charge in [-0.1, -0.05) is 30.3 Å². The highest BCUT2D eigenvalue weighted by Crippen LogP contribution is 2.19. The molecule has 0 saturated carbocycles. The first-order chi connectivity index (χ1) is 12.0. The van der Waals surface area contributed by atoms with Gasteiger partial charge >= 0.3 is 0 Å². The molecule has 3 N–H and O–H groups in total. The van der Waals surface area contributed by atoms with Crippen LogP contribution in [-0.4, -0.2) is 28.1 Å². The third-order valence-corrected chi connectivity index (χ3v) is 4.33. The maximum Gasteiger partial charge on any atom is 0.224 e. The maximum absolute atomic E-state index is 13.2. The quantitative estimate of drug-likeness (QED) is 0.646. The Labute approximate surface area is 145 Å². The van der Waals surface area contributed by atoms with Gasteiger partial charge < -0.3 is 15.4 Å². The number of rotatable bonds is 6. The molecule has 0 spiro atoms. The lowest BCUT2D eigenvalue weighted by Crippen LogP contribution is -2.42. The van der Waals surface area contributed by atoms with Crippen LogP contribution in [0.15, 0.2) is 54.7 Å². The predicted molar refractivity (Wildman–Crippen MR) is 95.7 cm³/mol. The number of aliphatic hydroxyl groups is 1. The van der Waals surface area contributed by atoms with Crippen molar-refractivity contribution >= 4 is 16.8 Å². The minimum absolute atomic E-state index is 0.175. The number of fused-ring (bicyclic) bond motifs is 1. The number of hydrogen-bond donors (Lipinski definition) is 3. The van der Waals surface area contributed by atoms with Crippen LogP contribution in [0.25, 0.3) is 10.9 Å². The Balaban J connectivity index is 1.59. The molecular formula is C20H21FN2O2. The number of aromatic amines is 1. The van der Waals surface area contributed by atoms with Crippen molar-refractivity contribution < 1.29 is 14.3 Å². The van der Waals surface area contributed by atoms with E-state index in [9.17, 15) is 14.3 Å². The molecule has 0 radical (unpaired) electrons. The zero-order valence-corrected chi connectivity index (χ0v) is 14.0. The molecule has 5 heteroatoms. The van der Waals surface area contributed by atoms with Crippen molar-refractivity contribution in [2.75, 3.05) is 0 Å². The Kier molecular flexibility index (Phi) is 5.14. The van der Waals surface area contributed by atoms with Crippen molar-refractivity contribution in [2.45, 2.75) is 31.9 Å². The lowest BCUT2D eigenvalue weighted by atomic mass is 10.0. The summed E-state index contributed by atoms with van der Waals surface area (Å²) in [5.74, 6) is -0.493. The zero-order chi connectivity index (χ0) is 17.8. The predicted octanol–water partition coefficient (Wildman–Crippen LogP) is 2.96. The Morgan fingerprint density at radius 2 is 2.00 bits per heavy atom. The van der Waals surface area contributed by atoms with Gasteiger partial charge in [0.25, 0.3) is 0 Å². The molecule has 0 bridgehead atoms. The summed E-state index contributed by atoms with van der Waals surface area (Å²) >= 11 is 0. The van der Waals surface area contributed by atoms with Crippen molar-refractivity contribution in [1.82, 2.24) is 10.3 Å². The molecule has 0 aliphatic carbocycles. The first kappa shape index (κ1) is 17.2. The molecule has 0 fully saturated rings. The molecule has 130 valence electrons. The van der Waals surface area contributed by atoms with E-state index >= 15 is 0 Å². The molecule has 0 aliphatic heterocycles. The van der Waals surface area contributed by atoms with E-state index in [1.807, 2.05) is 30.3 Å². The topological polar surface area (TPSA) is 65.1 Å². The number of hydrogen-bond acceptors (Lipinski definition) is 2. The van der Waals surface area contributed by atoms with Crippen LogP contribution >= 0.6 is 0 Å². The van der Waals surface area contributed by atoms with E-state index in [0.29, 0.717) is 11.9 Å². The standard InChI is InChI=1S/C20H21FN2O2/c1-13(19(24)9-14-5-3-2-4-6-14)23-20(25)10-15-12-22-18-11-16(21)7-8-17(15)18/h2-8,11-13,19,22,24H,9-10H2,1H3,(H,23,25). The molecule has 1 amide bonds. The van der Waals surface area contributed by atoms with Crippen LogP contribution in [0, 0.1) is 5.82 Å². The Morgan fingerprint density at radius 3 is 2.76 bits per heavy atom. The van der Waals surface area contributed by atoms with Gasteiger partial charge in [-0.25, -0.2) is 4.39 Å². The number of benzene rings is 2. The third-order valence-electron chi connectivity index (χ3n) is 4.33. The highest BCUT2D eigenvalue weighted by Gasteiger charge is 2.18. The number of halogens is 1. The molecule has 2 atom stereocenters. The van der Waals surface area contributed by atoms with Gasteiger partial charge in [0.05, 0.1) is 18.6 Å². The minimum Gasteiger partial charge on any atom is -0.391 e. The van der Waals surface area contributed by atoms with E-state index in [4.69, 9.17) is 0 Å². The average Bonchev–Trinajstić information content (AvgIpc) is 2.97. The lowest BCUT2D eigenvalue weighted by molar-refractivity contribution is -0.121. The van der Waals surface area contributed by atoms with Gasteiger partial charge in [-0.15, -0.1) is 0 Å². The number of H-pyrrole nitrogens is 1. The van der Waals surface area contributed by atoms with Crippen molar-refractivity contribution in [3.05, 3.63) is 71.7 Å². The van der Waals surface area contributed by atoms with E-state index in [1.165, 1.54) is 12.1 Å². The summed E-state index contributed by atoms with van der Waals surface area (Å²) in [6.45, 7) is 1.79. The van der Waals surface area contributed by atoms with E-state index in [2.05, 4.69) is 10.3 Å². The second kappa shape index (κ2) is 7.49. The van der Waals surface area contributed by atoms with Crippen LogP contribution in [0.4, 0.5) is 4.39 Å². The molecular weight excluding hydrogens is 319 g/mol. The summed E-state index contributed by atoms with van der Waals surface area (Å²) in [5.41, 5.74) is 2.49. The molecule has 25 heavy (non-hydrogen) atoms. The summed E-state index contributed by atoms with van der Waals surface area (Å²) in [6, 6.07) is 13.7. The second-order valence-electron chi connectivity index (χ2n) is 6.29. The number of nitrogens with one attached hydrogen (secondary N) is 2. The van der Waals surface area contributed by atoms with Crippen LogP contribution in [-0.2, 0) is 17.6 Å². The monoisotopic (exact) mass is 340 g/mol. The smallest absolute Gasteiger partial charge is 0.224 e. The highest BCUT2D eigenvalue weighted by molar-refractivity contribution is 5.89. The van der Waals surface area contributed by atoms with Crippen molar-refractivity contribution in [3.8, 4) is 0 Å². The summed E-state index contributed by atoms with van der Waals surface area (Å²) in [7, 11) is 0. The van der Waals surface area contributed by atoms with Crippen LogP contribution in [0.3, 0.4) is 0 Å². The van der Waals surface area contributed by atoms with E-state index in [-0.39, 0.29) is 24.2 Å². The van der Waals surface area contributed by atoms with Crippen LogP contribution in [0.2, 0.25) is 0 Å². The van der Waals surface area contributed by atoms with Crippen LogP contribution in [0.1, 0.15) is 18.1 Å². The molecule has 3 aromatic rings. The fourth-order valence-electron chi connectivity index (χ4n) is 2.91. The molecule has 2 unspecified atom stereocenters. The molecule has 1 heterocycles. The van der Waals surface area contributed by atoms with Crippen LogP contribution < -0.4 is 5.32 Å². The first-order valence-electron chi connectivity index (χ1n) is 8.30. The SMILES string of the molecule is CC(NC(=O)Cc1c[nH]c2cc(F)ccc12)C(O)Cc1ccccc1. The Hall–Kier alpha value is -2.66. The molecule has 0 saturated heterocycles. The number of carbonyl (C=O) groups excluding carboxylic acids is 1. The summed E-state index contributed by atoms with van der Waals surface area (Å²) < 4.78 is 13.2. The van der Waals surface area contributed by atoms with Gasteiger partial charge in [0, 0.05) is 23.5 Å². The van der Waals surface area contributed by atoms with Gasteiger partial charge in [0.2, 0.25) is 5.91 Å². The Morgan fingerprint density at radius 1 is 1.24 bits per heavy atom. The normalized spacial score (nSPS) is 13.6. The summed E-state index contributed by atoms with van der Waals surface area (Å²) in [6.07, 6.45) is 1.71. The van der Waals surface area contributed by atoms with Crippen molar-refractivity contribution in [1.29, 1.82) is 0 Å². The highest BCUT2D eigenvalue weighted by atomic mass is 19.1. The fraction of sp³-hybridized carbons (Fsp3) is 0.250. The lowest BCUT2D eigenvalue weighted by Gasteiger charge is -2.20. The fourth-order valence-corrected chi connectivity index (χ4v) is 2.91. The van der Waals surface area contributed by atoms with E-state index < -0.39 is 6.10 Å². The molecule has 1 aromatic heterocycles. The van der Waals surface area contributed by atoms with Gasteiger partial charge in [-0.3, -0.25) is 4.79 Å². The van der Waals surface area contributed by atoms with Gasteiger partial charge in [0.1, 0.15) is 5.82 Å². The molecule has 0 aliphatic rings. The zero-order valence-electron chi connectivity index (χ0n) is 14.0. The molecule has 2 aromatic carbocycles. The molecule has 3 rings (SSSR count). The molecule has 4 nitrogen and oxygen atoms in total. The van der Waals surface area contributed by atoms with Gasteiger partial charge in [-0.2, -0.15) is 0 Å². The average molecular weight is 340 g/mol. The van der Waals surface area contributed by atoms with Gasteiger partial charge in [0.15, 0.2) is 0 Å². The first-order valence-corrected chi connectivity index (χ1v) is 8.30. The van der Waals surface area contributed by atoms with E-state index in [0.717, 1.165) is 16.5 Å². The van der Waals surface area contributed by atoms with Crippen molar-refractivity contribution in [2.24, 2.45) is 0 Å². The number of amides is 1. The minimum atomic E-state index is -0.664. The summed E-state index contributed by atoms with van der Waals surface area (Å²) in [5, 5.41) is 14.0. The Bertz CT molecular complexity index is 861. The number of aromatic nitrogens is 1. The van der Waals surface area contributed by atoms with E-state index in [1.54, 1.807) is 19.2 Å². The maximum atomic E-state index is 13.2. The van der Waals surface area contributed by atoms with Crippen molar-refractivity contribution in [3.63, 3.8) is 0 Å². The largest absolute Gasteiger partial charge is 0.391 e. The summed E-state index contributed by atoms with van der Waals surface area (Å²) in [4.78, 5) is 15.3. The second-order valence-corrected chi connectivity index (χ2v) is 6.29. The number of aliphatic hydroxyl groups excluding tert-OH is 1. The number of carbonyl (C=O) groups is 1.